The van der Waals surface area contributed by atoms with Crippen LogP contribution in [-0.4, -0.2) is 11.1 Å². The number of rotatable bonds is 2. The zero-order chi connectivity index (χ0) is 7.40. The molecular weight excluding hydrogens is 132 g/mol. The topological polar surface area (TPSA) is 55.1 Å². The molecule has 0 aliphatic carbocycles. The molecule has 0 radical (unpaired) electrons. The van der Waals surface area contributed by atoms with Crippen molar-refractivity contribution in [3.63, 3.8) is 0 Å². The van der Waals surface area contributed by atoms with E-state index in [1.54, 1.807) is 6.07 Å². The van der Waals surface area contributed by atoms with Crippen molar-refractivity contribution in [3.8, 4) is 0 Å². The Bertz CT molecular complexity index is 228. The quantitative estimate of drug-likeness (QED) is 0.615. The van der Waals surface area contributed by atoms with Gasteiger partial charge >= 0.3 is 0 Å². The highest BCUT2D eigenvalue weighted by Crippen LogP contribution is 1.99. The van der Waals surface area contributed by atoms with Crippen molar-refractivity contribution in [3.05, 3.63) is 25.0 Å². The van der Waals surface area contributed by atoms with E-state index >= 15 is 0 Å². The van der Waals surface area contributed by atoms with Crippen LogP contribution in [0.1, 0.15) is 0 Å². The zero-order valence-corrected chi connectivity index (χ0v) is 5.20. The summed E-state index contributed by atoms with van der Waals surface area (Å²) in [6, 6.07) is 1.54. The van der Waals surface area contributed by atoms with Gasteiger partial charge in [-0.05, 0) is 6.08 Å². The van der Waals surface area contributed by atoms with Gasteiger partial charge in [0, 0.05) is 6.07 Å². The third-order valence-electron chi connectivity index (χ3n) is 0.874. The van der Waals surface area contributed by atoms with Crippen LogP contribution in [-0.2, 0) is 4.79 Å². The molecule has 0 unspecified atom stereocenters. The minimum absolute atomic E-state index is 0.297. The van der Waals surface area contributed by atoms with Gasteiger partial charge in [-0.15, -0.1) is 0 Å². The summed E-state index contributed by atoms with van der Waals surface area (Å²) in [5.74, 6) is 0.0961. The average molecular weight is 138 g/mol. The molecule has 4 nitrogen and oxygen atoms in total. The summed E-state index contributed by atoms with van der Waals surface area (Å²) in [4.78, 5) is 10.6. The van der Waals surface area contributed by atoms with E-state index in [-0.39, 0.29) is 5.91 Å². The lowest BCUT2D eigenvalue weighted by Crippen LogP contribution is -2.06. The van der Waals surface area contributed by atoms with Crippen molar-refractivity contribution >= 4 is 11.7 Å². The van der Waals surface area contributed by atoms with Crippen LogP contribution < -0.4 is 5.32 Å². The number of hydrogen-bond acceptors (Lipinski definition) is 3. The Hall–Kier alpha value is -1.58. The summed E-state index contributed by atoms with van der Waals surface area (Å²) in [5.41, 5.74) is 0. The van der Waals surface area contributed by atoms with Gasteiger partial charge in [0.1, 0.15) is 6.26 Å². The lowest BCUT2D eigenvalue weighted by atomic mass is 10.5. The van der Waals surface area contributed by atoms with Crippen LogP contribution in [0.4, 0.5) is 5.82 Å². The van der Waals surface area contributed by atoms with Crippen molar-refractivity contribution in [1.29, 1.82) is 0 Å². The van der Waals surface area contributed by atoms with Gasteiger partial charge in [-0.1, -0.05) is 11.7 Å². The summed E-state index contributed by atoms with van der Waals surface area (Å²) in [6.45, 7) is 3.27. The normalized spacial score (nSPS) is 8.80. The highest BCUT2D eigenvalue weighted by atomic mass is 16.5. The first kappa shape index (κ1) is 6.54. The smallest absolute Gasteiger partial charge is 0.249 e. The molecule has 1 rings (SSSR count). The Morgan fingerprint density at radius 2 is 2.70 bits per heavy atom. The summed E-state index contributed by atoms with van der Waals surface area (Å²) < 4.78 is 4.46. The van der Waals surface area contributed by atoms with E-state index in [1.165, 1.54) is 6.26 Å². The zero-order valence-electron chi connectivity index (χ0n) is 5.20. The van der Waals surface area contributed by atoms with Crippen LogP contribution in [0, 0.1) is 0 Å². The van der Waals surface area contributed by atoms with Gasteiger partial charge in [0.15, 0.2) is 5.82 Å². The average Bonchev–Trinajstić information content (AvgIpc) is 2.40. The molecule has 0 saturated carbocycles. The fourth-order valence-electron chi connectivity index (χ4n) is 0.454. The van der Waals surface area contributed by atoms with Gasteiger partial charge in [-0.2, -0.15) is 0 Å². The van der Waals surface area contributed by atoms with Crippen molar-refractivity contribution < 1.29 is 9.32 Å². The molecule has 1 heterocycles. The van der Waals surface area contributed by atoms with Crippen LogP contribution in [0.3, 0.4) is 0 Å². The first-order valence-electron chi connectivity index (χ1n) is 2.66. The van der Waals surface area contributed by atoms with E-state index in [1.807, 2.05) is 0 Å². The maximum atomic E-state index is 10.6. The molecule has 0 atom stereocenters. The molecule has 1 aromatic heterocycles. The van der Waals surface area contributed by atoms with Gasteiger partial charge in [0.25, 0.3) is 0 Å². The maximum absolute atomic E-state index is 10.6. The molecular formula is C6H6N2O2. The molecule has 0 aliphatic heterocycles. The van der Waals surface area contributed by atoms with E-state index in [4.69, 9.17) is 0 Å². The Balaban J connectivity index is 2.56. The van der Waals surface area contributed by atoms with Crippen LogP contribution in [0.5, 0.6) is 0 Å². The predicted octanol–water partition coefficient (Wildman–Crippen LogP) is 0.799. The molecule has 1 aromatic rings. The minimum atomic E-state index is -0.297. The first-order chi connectivity index (χ1) is 4.83. The number of nitrogens with one attached hydrogen (secondary N) is 1. The molecule has 1 amide bonds. The lowest BCUT2D eigenvalue weighted by molar-refractivity contribution is -0.111. The van der Waals surface area contributed by atoms with E-state index in [9.17, 15) is 4.79 Å². The third-order valence-corrected chi connectivity index (χ3v) is 0.874. The van der Waals surface area contributed by atoms with Crippen molar-refractivity contribution in [1.82, 2.24) is 5.16 Å². The second kappa shape index (κ2) is 2.82. The molecule has 10 heavy (non-hydrogen) atoms. The van der Waals surface area contributed by atoms with Gasteiger partial charge < -0.3 is 9.84 Å². The second-order valence-electron chi connectivity index (χ2n) is 1.58. The maximum Gasteiger partial charge on any atom is 0.249 e. The first-order valence-corrected chi connectivity index (χ1v) is 2.66. The van der Waals surface area contributed by atoms with Crippen LogP contribution in [0.25, 0.3) is 0 Å². The number of amides is 1. The summed E-state index contributed by atoms with van der Waals surface area (Å²) in [7, 11) is 0. The summed E-state index contributed by atoms with van der Waals surface area (Å²) in [6.07, 6.45) is 2.54. The second-order valence-corrected chi connectivity index (χ2v) is 1.58. The number of carbonyl (C=O) groups excluding carboxylic acids is 1. The molecule has 0 saturated heterocycles. The lowest BCUT2D eigenvalue weighted by Gasteiger charge is -1.91. The van der Waals surface area contributed by atoms with Crippen molar-refractivity contribution in [2.75, 3.05) is 5.32 Å². The summed E-state index contributed by atoms with van der Waals surface area (Å²) in [5, 5.41) is 5.86. The molecule has 1 N–H and O–H groups in total. The molecule has 0 spiro atoms. The Morgan fingerprint density at radius 1 is 1.90 bits per heavy atom. The summed E-state index contributed by atoms with van der Waals surface area (Å²) >= 11 is 0. The molecule has 0 bridgehead atoms. The monoisotopic (exact) mass is 138 g/mol. The fourth-order valence-corrected chi connectivity index (χ4v) is 0.454. The van der Waals surface area contributed by atoms with E-state index in [0.29, 0.717) is 5.82 Å². The number of nitrogens with zero attached hydrogens (tertiary/aromatic N) is 1. The van der Waals surface area contributed by atoms with Gasteiger partial charge in [0.05, 0.1) is 0 Å². The molecule has 4 heteroatoms. The highest BCUT2D eigenvalue weighted by Gasteiger charge is 1.97. The van der Waals surface area contributed by atoms with Gasteiger partial charge in [-0.25, -0.2) is 0 Å². The van der Waals surface area contributed by atoms with Gasteiger partial charge in [0.2, 0.25) is 5.91 Å². The number of hydrogen-bond donors (Lipinski definition) is 1. The Kier molecular flexibility index (Phi) is 1.84. The molecule has 0 aliphatic rings. The number of anilines is 1. The Labute approximate surface area is 57.5 Å². The van der Waals surface area contributed by atoms with Crippen LogP contribution in [0.15, 0.2) is 29.5 Å². The van der Waals surface area contributed by atoms with Crippen LogP contribution >= 0.6 is 0 Å². The minimum Gasteiger partial charge on any atom is -0.363 e. The van der Waals surface area contributed by atoms with E-state index in [0.717, 1.165) is 6.08 Å². The van der Waals surface area contributed by atoms with Crippen molar-refractivity contribution in [2.45, 2.75) is 0 Å². The molecule has 0 aromatic carbocycles. The van der Waals surface area contributed by atoms with Gasteiger partial charge in [-0.3, -0.25) is 4.79 Å². The highest BCUT2D eigenvalue weighted by molar-refractivity contribution is 5.98. The SMILES string of the molecule is C=CC(=O)Nc1ccon1. The fraction of sp³-hybridized carbons (Fsp3) is 0. The predicted molar refractivity (Wildman–Crippen MR) is 35.3 cm³/mol. The van der Waals surface area contributed by atoms with E-state index < -0.39 is 0 Å². The standard InChI is InChI=1S/C6H6N2O2/c1-2-6(9)7-5-3-4-10-8-5/h2-4H,1H2,(H,7,8,9). The molecule has 0 fully saturated rings. The van der Waals surface area contributed by atoms with E-state index in [2.05, 4.69) is 21.6 Å². The molecule has 52 valence electrons. The number of aromatic nitrogens is 1. The van der Waals surface area contributed by atoms with Crippen LogP contribution in [0.2, 0.25) is 0 Å². The van der Waals surface area contributed by atoms with Crippen molar-refractivity contribution in [2.24, 2.45) is 0 Å². The number of carbonyl (C=O) groups is 1. The Morgan fingerprint density at radius 3 is 3.20 bits per heavy atom. The largest absolute Gasteiger partial charge is 0.363 e. The third kappa shape index (κ3) is 1.45.